The fourth-order valence-corrected chi connectivity index (χ4v) is 2.05. The number of nitriles is 10. The molecule has 0 rings (SSSR count). The molecule has 0 aromatic rings. The summed E-state index contributed by atoms with van der Waals surface area (Å²) >= 11 is 0. The summed E-state index contributed by atoms with van der Waals surface area (Å²) in [5.74, 6) is 0. The maximum atomic E-state index is 10.3. The number of nitroso groups, excluding NO2 is 2. The molecule has 0 N–H and O–H groups in total. The van der Waals surface area contributed by atoms with Crippen molar-refractivity contribution in [1.82, 2.24) is 0 Å². The van der Waals surface area contributed by atoms with Crippen LogP contribution in [0.1, 0.15) is 0 Å². The Labute approximate surface area is 199 Å². The SMILES string of the molecule is N#[C][Fe]([C]#N)([C]#N)([C]#N)([C]#N)[N]=O.N#[C][Fe]([C]#N)([C]#N)([C]#N)([C]#N)[N]=O.[NaH].[NaH]. The second kappa shape index (κ2) is 8.44. The Kier molecular flexibility index (Phi) is 9.88. The van der Waals surface area contributed by atoms with Gasteiger partial charge in [0.05, 0.1) is 0 Å². The third-order valence-electron chi connectivity index (χ3n) is 2.26. The van der Waals surface area contributed by atoms with Crippen LogP contribution < -0.4 is 0 Å². The molecule has 0 aliphatic heterocycles. The Morgan fingerprint density at radius 3 is 0.500 bits per heavy atom. The average Bonchev–Trinajstić information content (AvgIpc) is 2.77. The van der Waals surface area contributed by atoms with Crippen molar-refractivity contribution in [3.8, 4) is 49.7 Å². The zero-order valence-electron chi connectivity index (χ0n) is 11.9. The molecule has 14 nitrogen and oxygen atoms in total. The number of nitrogens with zero attached hydrogens (tertiary/aromatic N) is 12. The zero-order chi connectivity index (χ0) is 21.3. The minimum absolute atomic E-state index is 0. The van der Waals surface area contributed by atoms with Gasteiger partial charge in [0.2, 0.25) is 0 Å². The van der Waals surface area contributed by atoms with Crippen LogP contribution in [0.3, 0.4) is 0 Å². The molecular formula is C10H2Fe2N12Na2O2. The van der Waals surface area contributed by atoms with Gasteiger partial charge in [-0.2, -0.15) is 0 Å². The molecule has 0 saturated carbocycles. The van der Waals surface area contributed by atoms with Gasteiger partial charge in [-0.15, -0.1) is 0 Å². The van der Waals surface area contributed by atoms with E-state index in [1.807, 2.05) is 8.39 Å². The third-order valence-corrected chi connectivity index (χ3v) is 9.31. The van der Waals surface area contributed by atoms with Crippen LogP contribution in [0.5, 0.6) is 0 Å². The maximum absolute atomic E-state index is 10.3. The second-order valence-corrected chi connectivity index (χ2v) is 14.3. The normalized spacial score (nSPS) is 12.8. The van der Waals surface area contributed by atoms with E-state index < -0.39 is 21.9 Å². The van der Waals surface area contributed by atoms with Crippen molar-refractivity contribution in [1.29, 1.82) is 52.6 Å². The summed E-state index contributed by atoms with van der Waals surface area (Å²) in [4.78, 5) is 29.8. The summed E-state index contributed by atoms with van der Waals surface area (Å²) in [7, 11) is -12.8. The van der Waals surface area contributed by atoms with E-state index in [4.69, 9.17) is 52.6 Å². The topological polar surface area (TPSA) is 297 Å². The first kappa shape index (κ1) is 32.8. The zero-order valence-corrected chi connectivity index (χ0v) is 14.1. The van der Waals surface area contributed by atoms with E-state index >= 15 is 0 Å². The van der Waals surface area contributed by atoms with Crippen molar-refractivity contribution in [3.05, 3.63) is 9.81 Å². The summed E-state index contributed by atoms with van der Waals surface area (Å²) in [5.41, 5.74) is 0. The molecule has 0 amide bonds. The van der Waals surface area contributed by atoms with E-state index in [1.165, 1.54) is 0 Å². The molecule has 28 heavy (non-hydrogen) atoms. The van der Waals surface area contributed by atoms with E-state index in [9.17, 15) is 9.81 Å². The molecule has 0 saturated heterocycles. The van der Waals surface area contributed by atoms with Crippen LogP contribution in [0.2, 0.25) is 0 Å². The number of hydrogen-bond donors (Lipinski definition) is 0. The Hall–Kier alpha value is -2.86. The van der Waals surface area contributed by atoms with Crippen LogP contribution in [0.4, 0.5) is 0 Å². The Bertz CT molecular complexity index is 893. The van der Waals surface area contributed by atoms with Crippen molar-refractivity contribution < 1.29 is 21.9 Å². The molecular weight excluding hydrogens is 478 g/mol. The predicted octanol–water partition coefficient (Wildman–Crippen LogP) is -0.700. The van der Waals surface area contributed by atoms with Crippen molar-refractivity contribution in [2.75, 3.05) is 0 Å². The fourth-order valence-electron chi connectivity index (χ4n) is 0.498. The molecule has 0 aliphatic rings. The van der Waals surface area contributed by atoms with Gasteiger partial charge in [0, 0.05) is 0 Å². The Balaban J connectivity index is -0.000000192. The van der Waals surface area contributed by atoms with Crippen LogP contribution in [0, 0.1) is 112 Å². The van der Waals surface area contributed by atoms with Crippen molar-refractivity contribution >= 4 is 59.1 Å². The summed E-state index contributed by atoms with van der Waals surface area (Å²) in [6, 6.07) is 0. The monoisotopic (exact) mass is 480 g/mol. The first-order valence-electron chi connectivity index (χ1n) is 4.69. The van der Waals surface area contributed by atoms with Gasteiger partial charge in [-0.05, 0) is 0 Å². The molecule has 0 fully saturated rings. The van der Waals surface area contributed by atoms with Gasteiger partial charge in [0.15, 0.2) is 0 Å². The van der Waals surface area contributed by atoms with Crippen LogP contribution in [-0.2, 0) is 21.9 Å². The molecule has 0 aromatic carbocycles. The molecule has 0 aromatic heterocycles. The molecule has 0 spiro atoms. The Morgan fingerprint density at radius 2 is 0.500 bits per heavy atom. The second-order valence-electron chi connectivity index (χ2n) is 3.48. The first-order chi connectivity index (χ1) is 11.9. The van der Waals surface area contributed by atoms with Gasteiger partial charge in [0.25, 0.3) is 0 Å². The molecule has 0 bridgehead atoms. The van der Waals surface area contributed by atoms with E-state index in [2.05, 4.69) is 0 Å². The predicted molar refractivity (Wildman–Crippen MR) is 82.0 cm³/mol. The van der Waals surface area contributed by atoms with Gasteiger partial charge in [-0.1, -0.05) is 0 Å². The van der Waals surface area contributed by atoms with Gasteiger partial charge < -0.3 is 0 Å². The van der Waals surface area contributed by atoms with Crippen molar-refractivity contribution in [2.24, 2.45) is 8.39 Å². The van der Waals surface area contributed by atoms with Crippen LogP contribution in [0.15, 0.2) is 8.39 Å². The number of hydrogen-bond acceptors (Lipinski definition) is 14. The summed E-state index contributed by atoms with van der Waals surface area (Å²) < 4.78 is 3.93. The Morgan fingerprint density at radius 1 is 0.393 bits per heavy atom. The van der Waals surface area contributed by atoms with Crippen LogP contribution >= 0.6 is 0 Å². The summed E-state index contributed by atoms with van der Waals surface area (Å²) in [6.45, 7) is 0. The molecule has 18 heteroatoms. The molecule has 132 valence electrons. The van der Waals surface area contributed by atoms with Crippen molar-refractivity contribution in [2.45, 2.75) is 0 Å². The molecule has 0 heterocycles. The number of rotatable bonds is 2. The minimum atomic E-state index is -6.40. The summed E-state index contributed by atoms with van der Waals surface area (Å²) in [5, 5.41) is 85.1. The van der Waals surface area contributed by atoms with Crippen LogP contribution in [-0.4, -0.2) is 59.1 Å². The van der Waals surface area contributed by atoms with E-state index in [0.717, 1.165) is 49.7 Å². The van der Waals surface area contributed by atoms with Gasteiger partial charge in [0.1, 0.15) is 0 Å². The third kappa shape index (κ3) is 3.47. The van der Waals surface area contributed by atoms with Gasteiger partial charge >= 0.3 is 202 Å². The quantitative estimate of drug-likeness (QED) is 0.350. The molecule has 0 atom stereocenters. The molecule has 0 radical (unpaired) electrons. The van der Waals surface area contributed by atoms with Gasteiger partial charge in [-0.3, -0.25) is 0 Å². The van der Waals surface area contributed by atoms with E-state index in [1.54, 1.807) is 0 Å². The van der Waals surface area contributed by atoms with Crippen molar-refractivity contribution in [3.63, 3.8) is 0 Å². The van der Waals surface area contributed by atoms with E-state index in [0.29, 0.717) is 0 Å². The summed E-state index contributed by atoms with van der Waals surface area (Å²) in [6.07, 6.45) is 0. The molecule has 0 unspecified atom stereocenters. The fraction of sp³-hybridized carbons (Fsp3) is 0. The standard InChI is InChI=1S/10CN.2Fe.2NO.2Na.2H/c10*1-2;;;2*1-2;;;;/q;;;;;;;;;;2*+1;2*-1;;;;. The first-order valence-corrected chi connectivity index (χ1v) is 11.2. The van der Waals surface area contributed by atoms with Gasteiger partial charge in [-0.25, -0.2) is 0 Å². The van der Waals surface area contributed by atoms with Crippen LogP contribution in [0.25, 0.3) is 0 Å². The molecule has 0 aliphatic carbocycles. The average molecular weight is 480 g/mol. The van der Waals surface area contributed by atoms with E-state index in [-0.39, 0.29) is 59.1 Å².